The molecule has 0 aliphatic carbocycles. The maximum absolute atomic E-state index is 11.6. The first-order valence-electron chi connectivity index (χ1n) is 7.30. The first kappa shape index (κ1) is 19.6. The van der Waals surface area contributed by atoms with Crippen molar-refractivity contribution in [2.75, 3.05) is 6.61 Å². The van der Waals surface area contributed by atoms with Crippen molar-refractivity contribution in [1.82, 2.24) is 0 Å². The van der Waals surface area contributed by atoms with Crippen LogP contribution in [-0.4, -0.2) is 18.4 Å². The number of hydrogen-bond acceptors (Lipinski definition) is 3. The molecule has 0 heterocycles. The molecule has 0 bridgehead atoms. The summed E-state index contributed by atoms with van der Waals surface area (Å²) in [4.78, 5) is 22.8. The lowest BCUT2D eigenvalue weighted by molar-refractivity contribution is -0.145. The quantitative estimate of drug-likeness (QED) is 0.511. The van der Waals surface area contributed by atoms with Gasteiger partial charge in [0.15, 0.2) is 0 Å². The molecule has 0 aliphatic heterocycles. The highest BCUT2D eigenvalue weighted by molar-refractivity contribution is 5.79. The Morgan fingerprint density at radius 1 is 1.09 bits per heavy atom. The van der Waals surface area contributed by atoms with Crippen LogP contribution in [0.15, 0.2) is 12.2 Å². The summed E-state index contributed by atoms with van der Waals surface area (Å²) >= 11 is 0. The van der Waals surface area contributed by atoms with E-state index in [1.54, 1.807) is 13.0 Å². The standard InChI is InChI=1S/C19H22O3/c1-4-5-6-7-8-9-10-11-12-13-18(20)14-15-22-19(21)16-17(2)3/h10-11,17H,12-16H2,1-3H3. The number of ether oxygens (including phenoxy) is 1. The first-order valence-corrected chi connectivity index (χ1v) is 7.30. The number of hydrogen-bond donors (Lipinski definition) is 0. The van der Waals surface area contributed by atoms with Gasteiger partial charge in [-0.1, -0.05) is 31.8 Å². The van der Waals surface area contributed by atoms with Crippen molar-refractivity contribution in [3.63, 3.8) is 0 Å². The Hall–Kier alpha value is -2.44. The van der Waals surface area contributed by atoms with Crippen molar-refractivity contribution in [3.05, 3.63) is 12.2 Å². The normalized spacial score (nSPS) is 9.09. The second kappa shape index (κ2) is 13.5. The van der Waals surface area contributed by atoms with Gasteiger partial charge in [0.05, 0.1) is 6.61 Å². The summed E-state index contributed by atoms with van der Waals surface area (Å²) in [6.07, 6.45) is 5.20. The number of rotatable bonds is 8. The largest absolute Gasteiger partial charge is 0.465 e. The van der Waals surface area contributed by atoms with E-state index >= 15 is 0 Å². The van der Waals surface area contributed by atoms with E-state index in [4.69, 9.17) is 4.74 Å². The number of carbonyl (C=O) groups excluding carboxylic acids is 2. The lowest BCUT2D eigenvalue weighted by Gasteiger charge is -2.05. The Labute approximate surface area is 133 Å². The van der Waals surface area contributed by atoms with Crippen LogP contribution < -0.4 is 0 Å². The molecule has 0 atom stereocenters. The SMILES string of the molecule is CC#CC#CC#CC=CCCC(=O)CCOC(=O)CC(C)C. The highest BCUT2D eigenvalue weighted by atomic mass is 16.5. The van der Waals surface area contributed by atoms with Crippen LogP contribution in [0.4, 0.5) is 0 Å². The molecule has 0 radical (unpaired) electrons. The molecule has 0 aromatic heterocycles. The Morgan fingerprint density at radius 3 is 2.50 bits per heavy atom. The molecule has 0 saturated heterocycles. The highest BCUT2D eigenvalue weighted by Crippen LogP contribution is 2.02. The minimum Gasteiger partial charge on any atom is -0.465 e. The molecule has 0 N–H and O–H groups in total. The maximum Gasteiger partial charge on any atom is 0.306 e. The predicted molar refractivity (Wildman–Crippen MR) is 87.4 cm³/mol. The summed E-state index contributed by atoms with van der Waals surface area (Å²) < 4.78 is 4.99. The zero-order valence-electron chi connectivity index (χ0n) is 13.5. The van der Waals surface area contributed by atoms with Crippen LogP contribution in [0.1, 0.15) is 46.5 Å². The lowest BCUT2D eigenvalue weighted by Crippen LogP contribution is -2.11. The fraction of sp³-hybridized carbons (Fsp3) is 0.474. The Kier molecular flexibility index (Phi) is 12.0. The van der Waals surface area contributed by atoms with Gasteiger partial charge in [0, 0.05) is 19.3 Å². The predicted octanol–water partition coefficient (Wildman–Crippen LogP) is 2.90. The molecule has 0 aliphatic rings. The molecule has 0 spiro atoms. The maximum atomic E-state index is 11.6. The molecule has 0 saturated carbocycles. The summed E-state index contributed by atoms with van der Waals surface area (Å²) in [6, 6.07) is 0. The summed E-state index contributed by atoms with van der Waals surface area (Å²) in [7, 11) is 0. The van der Waals surface area contributed by atoms with Gasteiger partial charge < -0.3 is 4.74 Å². The van der Waals surface area contributed by atoms with Gasteiger partial charge in [-0.15, -0.1) is 0 Å². The van der Waals surface area contributed by atoms with Crippen LogP contribution >= 0.6 is 0 Å². The fourth-order valence-electron chi connectivity index (χ4n) is 1.39. The van der Waals surface area contributed by atoms with Crippen LogP contribution in [0.2, 0.25) is 0 Å². The van der Waals surface area contributed by atoms with E-state index in [0.29, 0.717) is 19.3 Å². The molecule has 0 unspecified atom stereocenters. The third-order valence-electron chi connectivity index (χ3n) is 2.39. The molecular weight excluding hydrogens is 276 g/mol. The zero-order chi connectivity index (χ0) is 16.6. The molecule has 0 amide bonds. The third kappa shape index (κ3) is 14.0. The Bertz CT molecular complexity index is 563. The Balaban J connectivity index is 3.75. The lowest BCUT2D eigenvalue weighted by atomic mass is 10.1. The average molecular weight is 298 g/mol. The van der Waals surface area contributed by atoms with E-state index < -0.39 is 0 Å². The Morgan fingerprint density at radius 2 is 1.82 bits per heavy atom. The van der Waals surface area contributed by atoms with E-state index in [9.17, 15) is 9.59 Å². The fourth-order valence-corrected chi connectivity index (χ4v) is 1.39. The van der Waals surface area contributed by atoms with Gasteiger partial charge in [0.25, 0.3) is 0 Å². The molecule has 0 aromatic rings. The minimum absolute atomic E-state index is 0.0768. The molecule has 3 nitrogen and oxygen atoms in total. The van der Waals surface area contributed by atoms with E-state index in [0.717, 1.165) is 0 Å². The third-order valence-corrected chi connectivity index (χ3v) is 2.39. The van der Waals surface area contributed by atoms with Crippen LogP contribution in [0.5, 0.6) is 0 Å². The first-order chi connectivity index (χ1) is 10.6. The number of Topliss-reactive ketones (excluding diaryl/α,β-unsaturated/α-hetero) is 1. The van der Waals surface area contributed by atoms with E-state index in [1.165, 1.54) is 0 Å². The van der Waals surface area contributed by atoms with Gasteiger partial charge in [-0.3, -0.25) is 9.59 Å². The summed E-state index contributed by atoms with van der Waals surface area (Å²) in [5.74, 6) is 15.9. The van der Waals surface area contributed by atoms with Crippen molar-refractivity contribution in [1.29, 1.82) is 0 Å². The van der Waals surface area contributed by atoms with Gasteiger partial charge in [0.1, 0.15) is 5.78 Å². The van der Waals surface area contributed by atoms with Crippen molar-refractivity contribution in [2.24, 2.45) is 5.92 Å². The average Bonchev–Trinajstić information content (AvgIpc) is 2.44. The minimum atomic E-state index is -0.244. The van der Waals surface area contributed by atoms with Crippen LogP contribution in [0, 0.1) is 41.4 Å². The second-order valence-corrected chi connectivity index (χ2v) is 4.94. The number of carbonyl (C=O) groups is 2. The van der Waals surface area contributed by atoms with Crippen molar-refractivity contribution >= 4 is 11.8 Å². The molecule has 116 valence electrons. The molecule has 0 rings (SSSR count). The smallest absolute Gasteiger partial charge is 0.306 e. The van der Waals surface area contributed by atoms with Gasteiger partial charge in [-0.05, 0) is 49.0 Å². The van der Waals surface area contributed by atoms with E-state index in [1.807, 2.05) is 19.9 Å². The topological polar surface area (TPSA) is 43.4 Å². The van der Waals surface area contributed by atoms with Crippen molar-refractivity contribution in [3.8, 4) is 35.5 Å². The summed E-state index contributed by atoms with van der Waals surface area (Å²) in [5.41, 5.74) is 0. The number of esters is 1. The summed E-state index contributed by atoms with van der Waals surface area (Å²) in [6.45, 7) is 5.78. The monoisotopic (exact) mass is 298 g/mol. The van der Waals surface area contributed by atoms with Crippen molar-refractivity contribution in [2.45, 2.75) is 46.5 Å². The van der Waals surface area contributed by atoms with Crippen LogP contribution in [0.3, 0.4) is 0 Å². The van der Waals surface area contributed by atoms with Gasteiger partial charge in [-0.2, -0.15) is 0 Å². The highest BCUT2D eigenvalue weighted by Gasteiger charge is 2.07. The molecule has 22 heavy (non-hydrogen) atoms. The second-order valence-electron chi connectivity index (χ2n) is 4.94. The van der Waals surface area contributed by atoms with Gasteiger partial charge in [-0.25, -0.2) is 0 Å². The number of allylic oxidation sites excluding steroid dienone is 2. The van der Waals surface area contributed by atoms with Crippen molar-refractivity contribution < 1.29 is 14.3 Å². The van der Waals surface area contributed by atoms with Crippen LogP contribution in [0.25, 0.3) is 0 Å². The molecule has 3 heteroatoms. The zero-order valence-corrected chi connectivity index (χ0v) is 13.5. The molecular formula is C19H22O3. The van der Waals surface area contributed by atoms with Gasteiger partial charge in [0.2, 0.25) is 0 Å². The molecule has 0 fully saturated rings. The van der Waals surface area contributed by atoms with Gasteiger partial charge >= 0.3 is 5.97 Å². The summed E-state index contributed by atoms with van der Waals surface area (Å²) in [5, 5.41) is 0. The molecule has 0 aromatic carbocycles. The number of ketones is 1. The van der Waals surface area contributed by atoms with Crippen LogP contribution in [-0.2, 0) is 14.3 Å². The van der Waals surface area contributed by atoms with E-state index in [-0.39, 0.29) is 30.7 Å². The van der Waals surface area contributed by atoms with E-state index in [2.05, 4.69) is 35.5 Å².